The summed E-state index contributed by atoms with van der Waals surface area (Å²) in [5.74, 6) is -0.195. The van der Waals surface area contributed by atoms with Crippen LogP contribution in [0.15, 0.2) is 18.2 Å². The molecule has 20 heavy (non-hydrogen) atoms. The Morgan fingerprint density at radius 1 is 1.10 bits per heavy atom. The van der Waals surface area contributed by atoms with E-state index in [0.717, 1.165) is 31.6 Å². The van der Waals surface area contributed by atoms with E-state index < -0.39 is 11.6 Å². The van der Waals surface area contributed by atoms with Crippen LogP contribution in [-0.2, 0) is 0 Å². The van der Waals surface area contributed by atoms with E-state index in [2.05, 4.69) is 4.90 Å². The maximum absolute atomic E-state index is 13.5. The van der Waals surface area contributed by atoms with E-state index in [0.29, 0.717) is 0 Å². The van der Waals surface area contributed by atoms with Gasteiger partial charge in [0.2, 0.25) is 0 Å². The average molecular weight is 281 g/mol. The van der Waals surface area contributed by atoms with Gasteiger partial charge in [0.15, 0.2) is 11.6 Å². The van der Waals surface area contributed by atoms with Crippen LogP contribution in [-0.4, -0.2) is 30.6 Å². The standard InChI is InChI=1S/C16H21F2NO/c17-13-6-7-16(15(18)8-13)20-14-10-19(11-14)9-12-4-2-1-3-5-12/h6-8,12,14H,1-5,9-11H2. The van der Waals surface area contributed by atoms with Crippen LogP contribution in [0.2, 0.25) is 0 Å². The van der Waals surface area contributed by atoms with E-state index in [1.165, 1.54) is 44.2 Å². The molecule has 4 heteroatoms. The monoisotopic (exact) mass is 281 g/mol. The third-order valence-corrected chi connectivity index (χ3v) is 4.35. The second-order valence-corrected chi connectivity index (χ2v) is 6.04. The molecule has 0 amide bonds. The van der Waals surface area contributed by atoms with E-state index in [-0.39, 0.29) is 11.9 Å². The van der Waals surface area contributed by atoms with Gasteiger partial charge in [0, 0.05) is 25.7 Å². The second-order valence-electron chi connectivity index (χ2n) is 6.04. The van der Waals surface area contributed by atoms with Crippen LogP contribution in [0, 0.1) is 17.6 Å². The minimum Gasteiger partial charge on any atom is -0.485 e. The van der Waals surface area contributed by atoms with Gasteiger partial charge < -0.3 is 4.74 Å². The molecule has 0 unspecified atom stereocenters. The first-order valence-electron chi connectivity index (χ1n) is 7.55. The Kier molecular flexibility index (Phi) is 4.20. The molecule has 2 nitrogen and oxygen atoms in total. The van der Waals surface area contributed by atoms with Crippen molar-refractivity contribution in [2.45, 2.75) is 38.2 Å². The van der Waals surface area contributed by atoms with Gasteiger partial charge in [-0.05, 0) is 30.9 Å². The van der Waals surface area contributed by atoms with Crippen LogP contribution in [0.4, 0.5) is 8.78 Å². The van der Waals surface area contributed by atoms with Crippen molar-refractivity contribution in [2.24, 2.45) is 5.92 Å². The summed E-state index contributed by atoms with van der Waals surface area (Å²) < 4.78 is 31.8. The largest absolute Gasteiger partial charge is 0.485 e. The van der Waals surface area contributed by atoms with Crippen LogP contribution in [0.5, 0.6) is 5.75 Å². The molecular formula is C16H21F2NO. The van der Waals surface area contributed by atoms with Gasteiger partial charge in [0.05, 0.1) is 0 Å². The predicted octanol–water partition coefficient (Wildman–Crippen LogP) is 3.61. The van der Waals surface area contributed by atoms with Crippen LogP contribution >= 0.6 is 0 Å². The number of ether oxygens (including phenoxy) is 1. The van der Waals surface area contributed by atoms with E-state index in [1.54, 1.807) is 0 Å². The molecule has 1 heterocycles. The number of halogens is 2. The van der Waals surface area contributed by atoms with Gasteiger partial charge in [0.1, 0.15) is 11.9 Å². The summed E-state index contributed by atoms with van der Waals surface area (Å²) in [5, 5.41) is 0. The van der Waals surface area contributed by atoms with Crippen molar-refractivity contribution in [3.8, 4) is 5.75 Å². The van der Waals surface area contributed by atoms with E-state index >= 15 is 0 Å². The van der Waals surface area contributed by atoms with Crippen molar-refractivity contribution >= 4 is 0 Å². The van der Waals surface area contributed by atoms with E-state index in [4.69, 9.17) is 4.74 Å². The van der Waals surface area contributed by atoms with Gasteiger partial charge in [-0.15, -0.1) is 0 Å². The van der Waals surface area contributed by atoms with E-state index in [1.807, 2.05) is 0 Å². The Bertz CT molecular complexity index is 454. The van der Waals surface area contributed by atoms with Crippen molar-refractivity contribution < 1.29 is 13.5 Å². The highest BCUT2D eigenvalue weighted by Gasteiger charge is 2.31. The number of rotatable bonds is 4. The van der Waals surface area contributed by atoms with Gasteiger partial charge in [-0.1, -0.05) is 19.3 Å². The normalized spacial score (nSPS) is 21.7. The minimum atomic E-state index is -0.615. The highest BCUT2D eigenvalue weighted by molar-refractivity contribution is 5.25. The third-order valence-electron chi connectivity index (χ3n) is 4.35. The number of likely N-dealkylation sites (tertiary alicyclic amines) is 1. The average Bonchev–Trinajstić information content (AvgIpc) is 2.40. The molecule has 0 aromatic heterocycles. The first-order chi connectivity index (χ1) is 9.70. The smallest absolute Gasteiger partial charge is 0.167 e. The zero-order valence-electron chi connectivity index (χ0n) is 11.7. The maximum atomic E-state index is 13.5. The molecule has 0 radical (unpaired) electrons. The lowest BCUT2D eigenvalue weighted by Crippen LogP contribution is -2.55. The summed E-state index contributed by atoms with van der Waals surface area (Å²) in [6.07, 6.45) is 6.83. The molecule has 1 saturated heterocycles. The second kappa shape index (κ2) is 6.08. The molecule has 1 aliphatic carbocycles. The molecule has 1 aromatic carbocycles. The van der Waals surface area contributed by atoms with Crippen LogP contribution in [0.3, 0.4) is 0 Å². The lowest BCUT2D eigenvalue weighted by molar-refractivity contribution is 0.00463. The highest BCUT2D eigenvalue weighted by Crippen LogP contribution is 2.27. The molecule has 2 fully saturated rings. The molecule has 1 aliphatic heterocycles. The van der Waals surface area contributed by atoms with Gasteiger partial charge in [-0.3, -0.25) is 4.90 Å². The summed E-state index contributed by atoms with van der Waals surface area (Å²) in [4.78, 5) is 2.38. The van der Waals surface area contributed by atoms with Crippen LogP contribution < -0.4 is 4.74 Å². The predicted molar refractivity (Wildman–Crippen MR) is 73.8 cm³/mol. The Morgan fingerprint density at radius 3 is 2.55 bits per heavy atom. The minimum absolute atomic E-state index is 0.0403. The Morgan fingerprint density at radius 2 is 1.85 bits per heavy atom. The SMILES string of the molecule is Fc1ccc(OC2CN(CC3CCCCC3)C2)c(F)c1. The fourth-order valence-electron chi connectivity index (χ4n) is 3.23. The van der Waals surface area contributed by atoms with Gasteiger partial charge >= 0.3 is 0 Å². The highest BCUT2D eigenvalue weighted by atomic mass is 19.1. The third kappa shape index (κ3) is 3.29. The number of benzene rings is 1. The molecule has 0 bridgehead atoms. The molecule has 0 atom stereocenters. The first-order valence-corrected chi connectivity index (χ1v) is 7.55. The van der Waals surface area contributed by atoms with Crippen molar-refractivity contribution in [2.75, 3.05) is 19.6 Å². The first kappa shape index (κ1) is 13.8. The number of hydrogen-bond donors (Lipinski definition) is 0. The Balaban J connectivity index is 1.43. The number of nitrogens with zero attached hydrogens (tertiary/aromatic N) is 1. The molecule has 110 valence electrons. The van der Waals surface area contributed by atoms with E-state index in [9.17, 15) is 8.78 Å². The fraction of sp³-hybridized carbons (Fsp3) is 0.625. The summed E-state index contributed by atoms with van der Waals surface area (Å²) >= 11 is 0. The van der Waals surface area contributed by atoms with Gasteiger partial charge in [-0.2, -0.15) is 0 Å². The van der Waals surface area contributed by atoms with Crippen LogP contribution in [0.1, 0.15) is 32.1 Å². The summed E-state index contributed by atoms with van der Waals surface area (Å²) in [6, 6.07) is 3.47. The molecule has 1 aromatic rings. The zero-order valence-corrected chi connectivity index (χ0v) is 11.7. The van der Waals surface area contributed by atoms with Gasteiger partial charge in [0.25, 0.3) is 0 Å². The topological polar surface area (TPSA) is 12.5 Å². The van der Waals surface area contributed by atoms with Crippen molar-refractivity contribution in [3.05, 3.63) is 29.8 Å². The molecule has 0 spiro atoms. The lowest BCUT2D eigenvalue weighted by Gasteiger charge is -2.41. The Labute approximate surface area is 118 Å². The van der Waals surface area contributed by atoms with Gasteiger partial charge in [-0.25, -0.2) is 8.78 Å². The zero-order chi connectivity index (χ0) is 13.9. The lowest BCUT2D eigenvalue weighted by atomic mass is 9.88. The van der Waals surface area contributed by atoms with Crippen molar-refractivity contribution in [1.29, 1.82) is 0 Å². The Hall–Kier alpha value is -1.16. The molecule has 2 aliphatic rings. The maximum Gasteiger partial charge on any atom is 0.167 e. The van der Waals surface area contributed by atoms with Crippen molar-refractivity contribution in [3.63, 3.8) is 0 Å². The summed E-state index contributed by atoms with van der Waals surface area (Å²) in [6.45, 7) is 2.85. The molecule has 0 N–H and O–H groups in total. The summed E-state index contributed by atoms with van der Waals surface area (Å²) in [5.41, 5.74) is 0. The van der Waals surface area contributed by atoms with Crippen LogP contribution in [0.25, 0.3) is 0 Å². The fourth-order valence-corrected chi connectivity index (χ4v) is 3.23. The summed E-state index contributed by atoms with van der Waals surface area (Å²) in [7, 11) is 0. The van der Waals surface area contributed by atoms with Crippen molar-refractivity contribution in [1.82, 2.24) is 4.90 Å². The number of hydrogen-bond acceptors (Lipinski definition) is 2. The molecule has 3 rings (SSSR count). The molecule has 1 saturated carbocycles. The molecular weight excluding hydrogens is 260 g/mol. The quantitative estimate of drug-likeness (QED) is 0.836.